The van der Waals surface area contributed by atoms with Gasteiger partial charge in [-0.05, 0) is 61.8 Å². The van der Waals surface area contributed by atoms with Gasteiger partial charge < -0.3 is 5.73 Å². The first kappa shape index (κ1) is 17.8. The van der Waals surface area contributed by atoms with E-state index < -0.39 is 5.82 Å². The van der Waals surface area contributed by atoms with Crippen LogP contribution in [0, 0.1) is 31.0 Å². The molecule has 1 atom stereocenters. The summed E-state index contributed by atoms with van der Waals surface area (Å²) >= 11 is 0. The molecule has 2 N–H and O–H groups in total. The second-order valence-corrected chi connectivity index (χ2v) is 7.04. The zero-order valence-electron chi connectivity index (χ0n) is 13.9. The molecular formula is C18H28FNO. The molecule has 0 heterocycles. The number of benzene rings is 1. The largest absolute Gasteiger partial charge is 0.330 e. The summed E-state index contributed by atoms with van der Waals surface area (Å²) in [6, 6.07) is 3.29. The molecule has 0 aliphatic rings. The lowest BCUT2D eigenvalue weighted by atomic mass is 9.75. The second-order valence-electron chi connectivity index (χ2n) is 7.04. The third-order valence-corrected chi connectivity index (χ3v) is 4.17. The lowest BCUT2D eigenvalue weighted by Gasteiger charge is -2.30. The quantitative estimate of drug-likeness (QED) is 0.789. The molecule has 0 aliphatic heterocycles. The zero-order valence-corrected chi connectivity index (χ0v) is 13.9. The Bertz CT molecular complexity index is 479. The Balaban J connectivity index is 2.82. The van der Waals surface area contributed by atoms with E-state index >= 15 is 0 Å². The van der Waals surface area contributed by atoms with Crippen LogP contribution in [-0.4, -0.2) is 12.3 Å². The highest BCUT2D eigenvalue weighted by Gasteiger charge is 2.25. The molecule has 1 rings (SSSR count). The summed E-state index contributed by atoms with van der Waals surface area (Å²) in [5.41, 5.74) is 7.60. The Morgan fingerprint density at radius 1 is 1.24 bits per heavy atom. The minimum Gasteiger partial charge on any atom is -0.330 e. The van der Waals surface area contributed by atoms with Crippen molar-refractivity contribution in [2.75, 3.05) is 6.54 Å². The van der Waals surface area contributed by atoms with Gasteiger partial charge in [-0.15, -0.1) is 0 Å². The van der Waals surface area contributed by atoms with Crippen molar-refractivity contribution in [2.45, 2.75) is 53.9 Å². The van der Waals surface area contributed by atoms with E-state index in [2.05, 4.69) is 20.8 Å². The average Bonchev–Trinajstić information content (AvgIpc) is 2.31. The number of halogens is 1. The first-order chi connectivity index (χ1) is 9.66. The van der Waals surface area contributed by atoms with Gasteiger partial charge in [-0.2, -0.15) is 0 Å². The first-order valence-electron chi connectivity index (χ1n) is 7.66. The smallest absolute Gasteiger partial charge is 0.166 e. The van der Waals surface area contributed by atoms with Crippen LogP contribution in [0.25, 0.3) is 0 Å². The van der Waals surface area contributed by atoms with Crippen molar-refractivity contribution >= 4 is 5.78 Å². The third-order valence-electron chi connectivity index (χ3n) is 4.17. The van der Waals surface area contributed by atoms with Gasteiger partial charge in [-0.3, -0.25) is 4.79 Å². The van der Waals surface area contributed by atoms with Gasteiger partial charge in [0, 0.05) is 6.42 Å². The van der Waals surface area contributed by atoms with Crippen LogP contribution in [0.4, 0.5) is 4.39 Å². The number of hydrogen-bond acceptors (Lipinski definition) is 2. The van der Waals surface area contributed by atoms with Crippen molar-refractivity contribution in [3.63, 3.8) is 0 Å². The van der Waals surface area contributed by atoms with Crippen LogP contribution >= 0.6 is 0 Å². The molecule has 1 aromatic rings. The predicted octanol–water partition coefficient (Wildman–Crippen LogP) is 4.42. The minimum absolute atomic E-state index is 0.101. The number of Topliss-reactive ketones (excluding diaryl/α,β-unsaturated/α-hetero) is 1. The van der Waals surface area contributed by atoms with Crippen LogP contribution in [0.3, 0.4) is 0 Å². The van der Waals surface area contributed by atoms with E-state index in [1.54, 1.807) is 6.92 Å². The first-order valence-corrected chi connectivity index (χ1v) is 7.66. The minimum atomic E-state index is -0.399. The van der Waals surface area contributed by atoms with Crippen molar-refractivity contribution < 1.29 is 9.18 Å². The summed E-state index contributed by atoms with van der Waals surface area (Å²) < 4.78 is 14.0. The summed E-state index contributed by atoms with van der Waals surface area (Å²) in [5.74, 6) is -0.125. The molecule has 0 radical (unpaired) electrons. The highest BCUT2D eigenvalue weighted by atomic mass is 19.1. The van der Waals surface area contributed by atoms with Crippen molar-refractivity contribution in [3.05, 3.63) is 34.6 Å². The number of rotatable bonds is 6. The molecule has 0 aliphatic carbocycles. The summed E-state index contributed by atoms with van der Waals surface area (Å²) in [7, 11) is 0. The number of carbonyl (C=O) groups is 1. The van der Waals surface area contributed by atoms with Gasteiger partial charge in [0.05, 0.1) is 5.56 Å². The maximum Gasteiger partial charge on any atom is 0.166 e. The van der Waals surface area contributed by atoms with E-state index in [4.69, 9.17) is 5.73 Å². The van der Waals surface area contributed by atoms with Crippen LogP contribution in [0.1, 0.15) is 61.5 Å². The van der Waals surface area contributed by atoms with E-state index in [1.165, 1.54) is 6.07 Å². The molecule has 118 valence electrons. The zero-order chi connectivity index (χ0) is 16.2. The number of ketones is 1. The lowest BCUT2D eigenvalue weighted by Crippen LogP contribution is -2.24. The average molecular weight is 293 g/mol. The van der Waals surface area contributed by atoms with Crippen LogP contribution in [0.5, 0.6) is 0 Å². The number of aryl methyl sites for hydroxylation is 2. The normalized spacial score (nSPS) is 13.3. The summed E-state index contributed by atoms with van der Waals surface area (Å²) in [6.45, 7) is 10.7. The molecule has 0 bridgehead atoms. The predicted molar refractivity (Wildman–Crippen MR) is 86.1 cm³/mol. The van der Waals surface area contributed by atoms with E-state index in [1.807, 2.05) is 13.0 Å². The highest BCUT2D eigenvalue weighted by Crippen LogP contribution is 2.32. The number of hydrogen-bond donors (Lipinski definition) is 1. The van der Waals surface area contributed by atoms with E-state index in [0.29, 0.717) is 18.9 Å². The Morgan fingerprint density at radius 2 is 1.86 bits per heavy atom. The van der Waals surface area contributed by atoms with E-state index in [-0.39, 0.29) is 16.8 Å². The fraction of sp³-hybridized carbons (Fsp3) is 0.611. The standard InChI is InChI=1S/C18H28FNO/c1-12-10-13(2)17(15(19)11-12)16(21)7-6-14(8-9-20)18(3,4)5/h10-11,14H,6-9,20H2,1-5H3. The van der Waals surface area contributed by atoms with Crippen molar-refractivity contribution in [1.82, 2.24) is 0 Å². The summed E-state index contributed by atoms with van der Waals surface area (Å²) in [4.78, 5) is 12.4. The van der Waals surface area contributed by atoms with Crippen LogP contribution in [0.2, 0.25) is 0 Å². The van der Waals surface area contributed by atoms with Crippen LogP contribution in [-0.2, 0) is 0 Å². The molecule has 0 saturated heterocycles. The van der Waals surface area contributed by atoms with Gasteiger partial charge in [-0.25, -0.2) is 4.39 Å². The van der Waals surface area contributed by atoms with E-state index in [9.17, 15) is 9.18 Å². The molecule has 0 saturated carbocycles. The topological polar surface area (TPSA) is 43.1 Å². The van der Waals surface area contributed by atoms with Crippen molar-refractivity contribution in [1.29, 1.82) is 0 Å². The molecule has 0 amide bonds. The highest BCUT2D eigenvalue weighted by molar-refractivity contribution is 5.97. The fourth-order valence-corrected chi connectivity index (χ4v) is 2.91. The third kappa shape index (κ3) is 4.92. The maximum atomic E-state index is 14.0. The van der Waals surface area contributed by atoms with Crippen LogP contribution in [0.15, 0.2) is 12.1 Å². The molecule has 21 heavy (non-hydrogen) atoms. The Morgan fingerprint density at radius 3 is 2.33 bits per heavy atom. The summed E-state index contributed by atoms with van der Waals surface area (Å²) in [6.07, 6.45) is 2.03. The van der Waals surface area contributed by atoms with Crippen molar-refractivity contribution in [2.24, 2.45) is 17.1 Å². The number of nitrogens with two attached hydrogens (primary N) is 1. The monoisotopic (exact) mass is 293 g/mol. The molecule has 1 unspecified atom stereocenters. The fourth-order valence-electron chi connectivity index (χ4n) is 2.91. The molecule has 1 aromatic carbocycles. The maximum absolute atomic E-state index is 14.0. The van der Waals surface area contributed by atoms with Gasteiger partial charge in [-0.1, -0.05) is 26.8 Å². The molecule has 0 spiro atoms. The molecule has 3 heteroatoms. The van der Waals surface area contributed by atoms with Gasteiger partial charge in [0.15, 0.2) is 5.78 Å². The van der Waals surface area contributed by atoms with Gasteiger partial charge in [0.2, 0.25) is 0 Å². The Hall–Kier alpha value is -1.22. The molecule has 0 fully saturated rings. The summed E-state index contributed by atoms with van der Waals surface area (Å²) in [5, 5.41) is 0. The van der Waals surface area contributed by atoms with Gasteiger partial charge in [0.25, 0.3) is 0 Å². The molecular weight excluding hydrogens is 265 g/mol. The van der Waals surface area contributed by atoms with E-state index in [0.717, 1.165) is 24.0 Å². The Labute approximate surface area is 127 Å². The SMILES string of the molecule is Cc1cc(C)c(C(=O)CCC(CCN)C(C)(C)C)c(F)c1. The Kier molecular flexibility index (Phi) is 6.09. The van der Waals surface area contributed by atoms with Gasteiger partial charge in [0.1, 0.15) is 5.82 Å². The lowest BCUT2D eigenvalue weighted by molar-refractivity contribution is 0.0953. The van der Waals surface area contributed by atoms with Crippen LogP contribution < -0.4 is 5.73 Å². The molecule has 0 aromatic heterocycles. The van der Waals surface area contributed by atoms with Gasteiger partial charge >= 0.3 is 0 Å². The van der Waals surface area contributed by atoms with Crippen molar-refractivity contribution in [3.8, 4) is 0 Å². The molecule has 2 nitrogen and oxygen atoms in total. The number of carbonyl (C=O) groups excluding carboxylic acids is 1. The second kappa shape index (κ2) is 7.17.